The van der Waals surface area contributed by atoms with E-state index < -0.39 is 0 Å². The standard InChI is InChI=1S/C21H18ClN3O3S/c1-27-15-6-2-4-13-12-16(28-19(13)15)20(26)24-8-10-25(11-9-24)21-23-18-14(22)5-3-7-17(18)29-21/h2-7,12H,8-11H2,1H3. The maximum atomic E-state index is 12.9. The lowest BCUT2D eigenvalue weighted by molar-refractivity contribution is 0.0717. The topological polar surface area (TPSA) is 58.8 Å². The van der Waals surface area contributed by atoms with E-state index in [9.17, 15) is 4.79 Å². The summed E-state index contributed by atoms with van der Waals surface area (Å²) in [6.07, 6.45) is 0. The molecule has 1 amide bonds. The molecular weight excluding hydrogens is 410 g/mol. The number of rotatable bonds is 3. The first-order valence-electron chi connectivity index (χ1n) is 9.30. The van der Waals surface area contributed by atoms with E-state index in [2.05, 4.69) is 9.88 Å². The van der Waals surface area contributed by atoms with Crippen LogP contribution < -0.4 is 9.64 Å². The van der Waals surface area contributed by atoms with Crippen LogP contribution in [0.1, 0.15) is 10.6 Å². The number of furan rings is 1. The Morgan fingerprint density at radius 2 is 1.97 bits per heavy atom. The zero-order chi connectivity index (χ0) is 20.0. The van der Waals surface area contributed by atoms with Gasteiger partial charge in [-0.05, 0) is 24.3 Å². The van der Waals surface area contributed by atoms with Gasteiger partial charge >= 0.3 is 0 Å². The zero-order valence-electron chi connectivity index (χ0n) is 15.7. The monoisotopic (exact) mass is 427 g/mol. The molecule has 0 unspecified atom stereocenters. The predicted molar refractivity (Wildman–Crippen MR) is 116 cm³/mol. The van der Waals surface area contributed by atoms with Crippen molar-refractivity contribution >= 4 is 55.2 Å². The molecule has 148 valence electrons. The summed E-state index contributed by atoms with van der Waals surface area (Å²) < 4.78 is 12.2. The molecule has 0 aliphatic carbocycles. The first-order valence-corrected chi connectivity index (χ1v) is 10.5. The van der Waals surface area contributed by atoms with E-state index in [1.165, 1.54) is 0 Å². The number of methoxy groups -OCH3 is 1. The maximum absolute atomic E-state index is 12.9. The Bertz CT molecular complexity index is 1210. The lowest BCUT2D eigenvalue weighted by Gasteiger charge is -2.34. The number of hydrogen-bond acceptors (Lipinski definition) is 6. The van der Waals surface area contributed by atoms with Gasteiger partial charge in [0, 0.05) is 31.6 Å². The van der Waals surface area contributed by atoms with Crippen molar-refractivity contribution in [1.82, 2.24) is 9.88 Å². The van der Waals surface area contributed by atoms with E-state index in [0.717, 1.165) is 20.7 Å². The molecule has 1 aliphatic heterocycles. The van der Waals surface area contributed by atoms with Crippen molar-refractivity contribution in [3.63, 3.8) is 0 Å². The van der Waals surface area contributed by atoms with Gasteiger partial charge in [0.05, 0.1) is 16.8 Å². The third-order valence-electron chi connectivity index (χ3n) is 5.13. The molecule has 2 aromatic heterocycles. The molecule has 3 heterocycles. The van der Waals surface area contributed by atoms with Crippen LogP contribution in [0, 0.1) is 0 Å². The summed E-state index contributed by atoms with van der Waals surface area (Å²) in [4.78, 5) is 21.6. The van der Waals surface area contributed by atoms with Gasteiger partial charge in [-0.1, -0.05) is 41.1 Å². The maximum Gasteiger partial charge on any atom is 0.289 e. The van der Waals surface area contributed by atoms with Crippen LogP contribution in [-0.4, -0.2) is 49.1 Å². The van der Waals surface area contributed by atoms with Crippen LogP contribution in [0.3, 0.4) is 0 Å². The Morgan fingerprint density at radius 3 is 2.72 bits per heavy atom. The first kappa shape index (κ1) is 18.3. The van der Waals surface area contributed by atoms with E-state index in [0.29, 0.717) is 48.3 Å². The Hall–Kier alpha value is -2.77. The van der Waals surface area contributed by atoms with E-state index in [4.69, 9.17) is 20.8 Å². The normalized spacial score (nSPS) is 14.7. The minimum absolute atomic E-state index is 0.102. The van der Waals surface area contributed by atoms with E-state index in [1.807, 2.05) is 41.3 Å². The molecule has 29 heavy (non-hydrogen) atoms. The highest BCUT2D eigenvalue weighted by Gasteiger charge is 2.26. The Morgan fingerprint density at radius 1 is 1.17 bits per heavy atom. The first-order chi connectivity index (χ1) is 14.1. The number of aromatic nitrogens is 1. The number of amides is 1. The van der Waals surface area contributed by atoms with Gasteiger partial charge in [0.1, 0.15) is 5.52 Å². The Kier molecular flexibility index (Phi) is 4.56. The van der Waals surface area contributed by atoms with Gasteiger partial charge in [-0.15, -0.1) is 0 Å². The SMILES string of the molecule is COc1cccc2cc(C(=O)N3CCN(c4nc5c(Cl)cccc5s4)CC3)oc12. The highest BCUT2D eigenvalue weighted by atomic mass is 35.5. The molecule has 0 radical (unpaired) electrons. The number of ether oxygens (including phenoxy) is 1. The number of halogens is 1. The molecule has 6 nitrogen and oxygen atoms in total. The average molecular weight is 428 g/mol. The molecule has 2 aromatic carbocycles. The van der Waals surface area contributed by atoms with E-state index in [1.54, 1.807) is 24.5 Å². The second-order valence-electron chi connectivity index (χ2n) is 6.85. The fourth-order valence-corrected chi connectivity index (χ4v) is 4.91. The fourth-order valence-electron chi connectivity index (χ4n) is 3.60. The number of para-hydroxylation sites is 2. The Labute approximate surface area is 176 Å². The van der Waals surface area contributed by atoms with Crippen molar-refractivity contribution in [3.05, 3.63) is 53.2 Å². The van der Waals surface area contributed by atoms with Crippen LogP contribution >= 0.6 is 22.9 Å². The number of piperazine rings is 1. The van der Waals surface area contributed by atoms with Gasteiger partial charge in [-0.3, -0.25) is 4.79 Å². The number of fused-ring (bicyclic) bond motifs is 2. The third kappa shape index (κ3) is 3.20. The van der Waals surface area contributed by atoms with Gasteiger partial charge < -0.3 is 19.0 Å². The number of hydrogen-bond donors (Lipinski definition) is 0. The number of carbonyl (C=O) groups excluding carboxylic acids is 1. The highest BCUT2D eigenvalue weighted by molar-refractivity contribution is 7.22. The summed E-state index contributed by atoms with van der Waals surface area (Å²) in [5.41, 5.74) is 1.44. The van der Waals surface area contributed by atoms with Crippen LogP contribution in [-0.2, 0) is 0 Å². The molecule has 8 heteroatoms. The van der Waals surface area contributed by atoms with E-state index in [-0.39, 0.29) is 5.91 Å². The molecule has 5 rings (SSSR count). The van der Waals surface area contributed by atoms with Crippen molar-refractivity contribution in [2.45, 2.75) is 0 Å². The third-order valence-corrected chi connectivity index (χ3v) is 6.52. The van der Waals surface area contributed by atoms with Gasteiger partial charge in [0.15, 0.2) is 22.2 Å². The number of carbonyl (C=O) groups is 1. The minimum Gasteiger partial charge on any atom is -0.493 e. The van der Waals surface area contributed by atoms with E-state index >= 15 is 0 Å². The number of thiazole rings is 1. The molecule has 0 N–H and O–H groups in total. The lowest BCUT2D eigenvalue weighted by atomic mass is 10.2. The minimum atomic E-state index is -0.102. The van der Waals surface area contributed by atoms with Gasteiger partial charge in [-0.2, -0.15) is 0 Å². The largest absolute Gasteiger partial charge is 0.493 e. The zero-order valence-corrected chi connectivity index (χ0v) is 17.3. The summed E-state index contributed by atoms with van der Waals surface area (Å²) in [5.74, 6) is 0.862. The molecule has 1 aliphatic rings. The molecule has 0 bridgehead atoms. The van der Waals surface area contributed by atoms with Crippen LogP contribution in [0.5, 0.6) is 5.75 Å². The molecule has 0 atom stereocenters. The summed E-state index contributed by atoms with van der Waals surface area (Å²) in [7, 11) is 1.59. The molecular formula is C21H18ClN3O3S. The molecule has 0 saturated carbocycles. The molecule has 4 aromatic rings. The number of benzene rings is 2. The number of anilines is 1. The second kappa shape index (κ2) is 7.24. The van der Waals surface area contributed by atoms with Crippen LogP contribution in [0.25, 0.3) is 21.2 Å². The summed E-state index contributed by atoms with van der Waals surface area (Å²) in [6.45, 7) is 2.65. The molecule has 1 fully saturated rings. The van der Waals surface area contributed by atoms with Crippen LogP contribution in [0.4, 0.5) is 5.13 Å². The quantitative estimate of drug-likeness (QED) is 0.475. The Balaban J connectivity index is 1.32. The lowest BCUT2D eigenvalue weighted by Crippen LogP contribution is -2.48. The second-order valence-corrected chi connectivity index (χ2v) is 8.27. The summed E-state index contributed by atoms with van der Waals surface area (Å²) >= 11 is 7.88. The van der Waals surface area contributed by atoms with Gasteiger partial charge in [0.25, 0.3) is 5.91 Å². The number of nitrogens with zero attached hydrogens (tertiary/aromatic N) is 3. The van der Waals surface area contributed by atoms with Crippen molar-refractivity contribution in [2.75, 3.05) is 38.2 Å². The molecule has 1 saturated heterocycles. The van der Waals surface area contributed by atoms with Crippen molar-refractivity contribution in [1.29, 1.82) is 0 Å². The van der Waals surface area contributed by atoms with Crippen LogP contribution in [0.15, 0.2) is 46.9 Å². The van der Waals surface area contributed by atoms with Crippen molar-refractivity contribution in [2.24, 2.45) is 0 Å². The molecule has 0 spiro atoms. The summed E-state index contributed by atoms with van der Waals surface area (Å²) in [6, 6.07) is 13.2. The fraction of sp³-hybridized carbons (Fsp3) is 0.238. The smallest absolute Gasteiger partial charge is 0.289 e. The summed E-state index contributed by atoms with van der Waals surface area (Å²) in [5, 5.41) is 2.46. The van der Waals surface area contributed by atoms with Gasteiger partial charge in [-0.25, -0.2) is 4.98 Å². The predicted octanol–water partition coefficient (Wildman–Crippen LogP) is 4.67. The van der Waals surface area contributed by atoms with Crippen molar-refractivity contribution < 1.29 is 13.9 Å². The van der Waals surface area contributed by atoms with Crippen molar-refractivity contribution in [3.8, 4) is 5.75 Å². The van der Waals surface area contributed by atoms with Crippen LogP contribution in [0.2, 0.25) is 5.02 Å². The highest BCUT2D eigenvalue weighted by Crippen LogP contribution is 2.33. The van der Waals surface area contributed by atoms with Gasteiger partial charge in [0.2, 0.25) is 0 Å². The average Bonchev–Trinajstić information content (AvgIpc) is 3.38.